The van der Waals surface area contributed by atoms with Gasteiger partial charge in [-0.1, -0.05) is 74.4 Å². The molecule has 1 atom stereocenters. The summed E-state index contributed by atoms with van der Waals surface area (Å²) in [4.78, 5) is 3.75. The van der Waals surface area contributed by atoms with E-state index < -0.39 is 5.54 Å². The smallest absolute Gasteiger partial charge is 0.0593 e. The van der Waals surface area contributed by atoms with E-state index in [9.17, 15) is 0 Å². The van der Waals surface area contributed by atoms with Crippen LogP contribution in [0.1, 0.15) is 96.0 Å². The lowest BCUT2D eigenvalue weighted by Crippen LogP contribution is -2.51. The molecule has 0 aliphatic rings. The summed E-state index contributed by atoms with van der Waals surface area (Å²) >= 11 is 6.71. The summed E-state index contributed by atoms with van der Waals surface area (Å²) in [7, 11) is 0. The first-order valence-corrected chi connectivity index (χ1v) is 11.7. The SMILES string of the molecule is CCC(C)(C)c1ccc(C(N)(CC)C(C)(C)c2ccc(C(C)(C)C)c(S)c2)s1. The van der Waals surface area contributed by atoms with Gasteiger partial charge in [-0.25, -0.2) is 0 Å². The van der Waals surface area contributed by atoms with E-state index in [1.807, 2.05) is 11.3 Å². The van der Waals surface area contributed by atoms with Gasteiger partial charge < -0.3 is 5.73 Å². The number of benzene rings is 1. The molecule has 0 bridgehead atoms. The third-order valence-electron chi connectivity index (χ3n) is 6.80. The quantitative estimate of drug-likeness (QED) is 0.466. The van der Waals surface area contributed by atoms with Gasteiger partial charge in [0.15, 0.2) is 0 Å². The molecule has 0 saturated carbocycles. The zero-order valence-electron chi connectivity index (χ0n) is 19.2. The van der Waals surface area contributed by atoms with Crippen molar-refractivity contribution in [3.63, 3.8) is 0 Å². The fraction of sp³-hybridized carbons (Fsp3) is 0.600. The van der Waals surface area contributed by atoms with Gasteiger partial charge in [-0.2, -0.15) is 0 Å². The average molecular weight is 418 g/mol. The Kier molecular flexibility index (Phi) is 6.56. The van der Waals surface area contributed by atoms with E-state index in [-0.39, 0.29) is 16.2 Å². The summed E-state index contributed by atoms with van der Waals surface area (Å²) in [5.74, 6) is 0. The monoisotopic (exact) mass is 417 g/mol. The van der Waals surface area contributed by atoms with Gasteiger partial charge in [-0.3, -0.25) is 0 Å². The second kappa shape index (κ2) is 7.81. The van der Waals surface area contributed by atoms with E-state index >= 15 is 0 Å². The summed E-state index contributed by atoms with van der Waals surface area (Å²) in [5, 5.41) is 0. The molecule has 0 radical (unpaired) electrons. The Morgan fingerprint density at radius 3 is 1.89 bits per heavy atom. The number of thiol groups is 1. The largest absolute Gasteiger partial charge is 0.320 e. The van der Waals surface area contributed by atoms with Crippen LogP contribution in [-0.2, 0) is 21.8 Å². The minimum Gasteiger partial charge on any atom is -0.320 e. The molecule has 0 spiro atoms. The lowest BCUT2D eigenvalue weighted by Gasteiger charge is -2.44. The second-order valence-corrected chi connectivity index (χ2v) is 11.9. The summed E-state index contributed by atoms with van der Waals surface area (Å²) in [6.07, 6.45) is 2.01. The number of thiophene rings is 1. The number of rotatable bonds is 6. The van der Waals surface area contributed by atoms with Crippen molar-refractivity contribution in [2.24, 2.45) is 5.73 Å². The molecule has 28 heavy (non-hydrogen) atoms. The number of hydrogen-bond donors (Lipinski definition) is 2. The topological polar surface area (TPSA) is 26.0 Å². The fourth-order valence-corrected chi connectivity index (χ4v) is 5.91. The van der Waals surface area contributed by atoms with Crippen LogP contribution in [0.15, 0.2) is 35.2 Å². The van der Waals surface area contributed by atoms with Crippen molar-refractivity contribution in [1.29, 1.82) is 0 Å². The van der Waals surface area contributed by atoms with Crippen molar-refractivity contribution >= 4 is 24.0 Å². The van der Waals surface area contributed by atoms with Crippen molar-refractivity contribution in [1.82, 2.24) is 0 Å². The van der Waals surface area contributed by atoms with Gasteiger partial charge in [-0.15, -0.1) is 24.0 Å². The standard InChI is InChI=1S/C25H39NS2/c1-10-23(6,7)20-14-15-21(28-20)25(26,11-2)24(8,9)17-12-13-18(19(27)16-17)22(3,4)5/h12-16,27H,10-11,26H2,1-9H3. The molecule has 3 heteroatoms. The van der Waals surface area contributed by atoms with E-state index in [2.05, 4.69) is 92.6 Å². The molecule has 0 aliphatic heterocycles. The molecule has 2 N–H and O–H groups in total. The molecule has 156 valence electrons. The maximum absolute atomic E-state index is 7.19. The van der Waals surface area contributed by atoms with Gasteiger partial charge in [0.1, 0.15) is 0 Å². The Morgan fingerprint density at radius 2 is 1.43 bits per heavy atom. The number of hydrogen-bond acceptors (Lipinski definition) is 3. The van der Waals surface area contributed by atoms with E-state index in [1.165, 1.54) is 20.9 Å². The van der Waals surface area contributed by atoms with Gasteiger partial charge in [0.2, 0.25) is 0 Å². The Labute approximate surface area is 182 Å². The Morgan fingerprint density at radius 1 is 0.857 bits per heavy atom. The highest BCUT2D eigenvalue weighted by Crippen LogP contribution is 2.47. The van der Waals surface area contributed by atoms with Gasteiger partial charge in [0.05, 0.1) is 5.54 Å². The first-order chi connectivity index (χ1) is 12.7. The predicted octanol–water partition coefficient (Wildman–Crippen LogP) is 7.56. The molecule has 0 amide bonds. The lowest BCUT2D eigenvalue weighted by molar-refractivity contribution is 0.254. The van der Waals surface area contributed by atoms with Crippen LogP contribution in [0.5, 0.6) is 0 Å². The van der Waals surface area contributed by atoms with Crippen molar-refractivity contribution < 1.29 is 0 Å². The van der Waals surface area contributed by atoms with Gasteiger partial charge in [-0.05, 0) is 53.0 Å². The van der Waals surface area contributed by atoms with Crippen LogP contribution in [0.25, 0.3) is 0 Å². The maximum atomic E-state index is 7.19. The van der Waals surface area contributed by atoms with Crippen molar-refractivity contribution in [3.05, 3.63) is 51.2 Å². The van der Waals surface area contributed by atoms with Gasteiger partial charge >= 0.3 is 0 Å². The highest BCUT2D eigenvalue weighted by molar-refractivity contribution is 7.80. The van der Waals surface area contributed by atoms with Crippen LogP contribution in [0.3, 0.4) is 0 Å². The minimum absolute atomic E-state index is 0.0820. The molecule has 0 aliphatic carbocycles. The molecular formula is C25H39NS2. The zero-order valence-corrected chi connectivity index (χ0v) is 20.9. The molecule has 1 unspecified atom stereocenters. The van der Waals surface area contributed by atoms with E-state index in [0.29, 0.717) is 0 Å². The Hall–Kier alpha value is -0.770. The normalized spacial score (nSPS) is 15.5. The third kappa shape index (κ3) is 4.08. The molecule has 0 fully saturated rings. The fourth-order valence-electron chi connectivity index (χ4n) is 3.85. The van der Waals surface area contributed by atoms with Crippen molar-refractivity contribution in [2.45, 2.75) is 102 Å². The summed E-state index contributed by atoms with van der Waals surface area (Å²) < 4.78 is 0. The van der Waals surface area contributed by atoms with E-state index in [4.69, 9.17) is 18.4 Å². The average Bonchev–Trinajstić information content (AvgIpc) is 3.11. The van der Waals surface area contributed by atoms with Crippen LogP contribution in [0.4, 0.5) is 0 Å². The zero-order chi connectivity index (χ0) is 21.5. The lowest BCUT2D eigenvalue weighted by atomic mass is 9.66. The predicted molar refractivity (Wildman–Crippen MR) is 129 cm³/mol. The molecule has 1 aromatic heterocycles. The van der Waals surface area contributed by atoms with Crippen molar-refractivity contribution in [3.8, 4) is 0 Å². The van der Waals surface area contributed by atoms with Crippen LogP contribution in [0.2, 0.25) is 0 Å². The van der Waals surface area contributed by atoms with Gasteiger partial charge in [0.25, 0.3) is 0 Å². The molecule has 2 aromatic rings. The van der Waals surface area contributed by atoms with Crippen molar-refractivity contribution in [2.75, 3.05) is 0 Å². The van der Waals surface area contributed by atoms with Crippen LogP contribution in [-0.4, -0.2) is 0 Å². The summed E-state index contributed by atoms with van der Waals surface area (Å²) in [5.41, 5.74) is 9.34. The molecular weight excluding hydrogens is 378 g/mol. The third-order valence-corrected chi connectivity index (χ3v) is 8.80. The van der Waals surface area contributed by atoms with Crippen LogP contribution >= 0.6 is 24.0 Å². The highest BCUT2D eigenvalue weighted by Gasteiger charge is 2.44. The minimum atomic E-state index is -0.427. The molecule has 2 rings (SSSR count). The van der Waals surface area contributed by atoms with E-state index in [0.717, 1.165) is 17.7 Å². The maximum Gasteiger partial charge on any atom is 0.0593 e. The Bertz CT molecular complexity index is 823. The van der Waals surface area contributed by atoms with Crippen LogP contribution < -0.4 is 5.73 Å². The Balaban J connectivity index is 2.54. The molecule has 1 heterocycles. The molecule has 1 nitrogen and oxygen atoms in total. The molecule has 1 aromatic carbocycles. The highest BCUT2D eigenvalue weighted by atomic mass is 32.1. The number of nitrogens with two attached hydrogens (primary N) is 1. The first-order valence-electron chi connectivity index (χ1n) is 10.4. The van der Waals surface area contributed by atoms with Crippen LogP contribution in [0, 0.1) is 0 Å². The molecule has 0 saturated heterocycles. The summed E-state index contributed by atoms with van der Waals surface area (Å²) in [6, 6.07) is 11.3. The summed E-state index contributed by atoms with van der Waals surface area (Å²) in [6.45, 7) is 20.3. The second-order valence-electron chi connectivity index (χ2n) is 10.3. The van der Waals surface area contributed by atoms with Gasteiger partial charge in [0, 0.05) is 20.1 Å². The van der Waals surface area contributed by atoms with E-state index in [1.54, 1.807) is 0 Å². The first kappa shape index (κ1) is 23.5.